The quantitative estimate of drug-likeness (QED) is 0.757. The first-order valence-electron chi connectivity index (χ1n) is 5.31. The number of anilines is 1. The SMILES string of the molecule is Fc1ccc(Br)c(F)c1CNc1c(F)cccc1Cl. The number of rotatable bonds is 3. The van der Waals surface area contributed by atoms with E-state index in [9.17, 15) is 13.2 Å². The fourth-order valence-electron chi connectivity index (χ4n) is 1.57. The van der Waals surface area contributed by atoms with Crippen molar-refractivity contribution in [3.05, 3.63) is 62.8 Å². The molecule has 0 unspecified atom stereocenters. The zero-order chi connectivity index (χ0) is 14.0. The van der Waals surface area contributed by atoms with Gasteiger partial charge in [-0.1, -0.05) is 17.7 Å². The molecule has 19 heavy (non-hydrogen) atoms. The first-order chi connectivity index (χ1) is 9.00. The highest BCUT2D eigenvalue weighted by Gasteiger charge is 2.13. The zero-order valence-corrected chi connectivity index (χ0v) is 11.8. The number of benzene rings is 2. The van der Waals surface area contributed by atoms with Crippen molar-refractivity contribution in [1.82, 2.24) is 0 Å². The third kappa shape index (κ3) is 3.04. The standard InChI is InChI=1S/C13H8BrClF3N/c14-8-4-5-10(16)7(12(8)18)6-19-13-9(15)2-1-3-11(13)17/h1-5,19H,6H2. The lowest BCUT2D eigenvalue weighted by Gasteiger charge is -2.11. The first kappa shape index (κ1) is 14.2. The minimum Gasteiger partial charge on any atom is -0.377 e. The van der Waals surface area contributed by atoms with Crippen LogP contribution in [-0.2, 0) is 6.54 Å². The molecule has 0 aliphatic heterocycles. The predicted octanol–water partition coefficient (Wildman–Crippen LogP) is 5.13. The number of hydrogen-bond acceptors (Lipinski definition) is 1. The Morgan fingerprint density at radius 2 is 1.79 bits per heavy atom. The van der Waals surface area contributed by atoms with Crippen molar-refractivity contribution >= 4 is 33.2 Å². The van der Waals surface area contributed by atoms with Gasteiger partial charge in [0, 0.05) is 12.1 Å². The van der Waals surface area contributed by atoms with E-state index in [1.165, 1.54) is 24.3 Å². The second kappa shape index (κ2) is 5.84. The minimum atomic E-state index is -0.722. The highest BCUT2D eigenvalue weighted by atomic mass is 79.9. The summed E-state index contributed by atoms with van der Waals surface area (Å²) in [4.78, 5) is 0. The number of hydrogen-bond donors (Lipinski definition) is 1. The Morgan fingerprint density at radius 3 is 2.47 bits per heavy atom. The molecule has 0 saturated heterocycles. The molecule has 2 aromatic carbocycles. The van der Waals surface area contributed by atoms with Crippen molar-refractivity contribution in [2.45, 2.75) is 6.54 Å². The molecule has 0 spiro atoms. The minimum absolute atomic E-state index is 0.0166. The number of halogens is 5. The zero-order valence-electron chi connectivity index (χ0n) is 9.48. The Hall–Kier alpha value is -1.20. The molecule has 2 aromatic rings. The van der Waals surface area contributed by atoms with E-state index in [2.05, 4.69) is 21.2 Å². The lowest BCUT2D eigenvalue weighted by atomic mass is 10.2. The summed E-state index contributed by atoms with van der Waals surface area (Å²) in [5.41, 5.74) is -0.170. The van der Waals surface area contributed by atoms with Crippen LogP contribution in [0, 0.1) is 17.5 Å². The van der Waals surface area contributed by atoms with Crippen LogP contribution in [0.1, 0.15) is 5.56 Å². The van der Waals surface area contributed by atoms with E-state index in [1.807, 2.05) is 0 Å². The average Bonchev–Trinajstić information content (AvgIpc) is 2.37. The van der Waals surface area contributed by atoms with Crippen molar-refractivity contribution in [1.29, 1.82) is 0 Å². The molecule has 1 nitrogen and oxygen atoms in total. The summed E-state index contributed by atoms with van der Waals surface area (Å²) >= 11 is 8.77. The third-order valence-electron chi connectivity index (χ3n) is 2.54. The number of nitrogens with one attached hydrogen (secondary N) is 1. The molecule has 100 valence electrons. The molecule has 0 atom stereocenters. The summed E-state index contributed by atoms with van der Waals surface area (Å²) in [5.74, 6) is -2.01. The van der Waals surface area contributed by atoms with Crippen LogP contribution in [0.5, 0.6) is 0 Å². The summed E-state index contributed by atoms with van der Waals surface area (Å²) in [5, 5.41) is 2.75. The Kier molecular flexibility index (Phi) is 4.37. The molecule has 0 radical (unpaired) electrons. The molecule has 0 saturated carbocycles. The molecule has 0 fully saturated rings. The van der Waals surface area contributed by atoms with E-state index in [0.717, 1.165) is 6.07 Å². The molecule has 0 bridgehead atoms. The van der Waals surface area contributed by atoms with Gasteiger partial charge in [0.2, 0.25) is 0 Å². The van der Waals surface area contributed by atoms with Crippen molar-refractivity contribution in [2.75, 3.05) is 5.32 Å². The lowest BCUT2D eigenvalue weighted by Crippen LogP contribution is -2.06. The maximum absolute atomic E-state index is 13.7. The van der Waals surface area contributed by atoms with E-state index in [0.29, 0.717) is 0 Å². The van der Waals surface area contributed by atoms with E-state index in [4.69, 9.17) is 11.6 Å². The maximum atomic E-state index is 13.7. The van der Waals surface area contributed by atoms with Gasteiger partial charge in [0.1, 0.15) is 17.5 Å². The molecule has 0 aromatic heterocycles. The highest BCUT2D eigenvalue weighted by Crippen LogP contribution is 2.27. The van der Waals surface area contributed by atoms with Crippen LogP contribution < -0.4 is 5.32 Å². The van der Waals surface area contributed by atoms with Gasteiger partial charge in [-0.3, -0.25) is 0 Å². The van der Waals surface area contributed by atoms with Gasteiger partial charge in [0.05, 0.1) is 15.2 Å². The smallest absolute Gasteiger partial charge is 0.147 e. The van der Waals surface area contributed by atoms with Gasteiger partial charge >= 0.3 is 0 Å². The van der Waals surface area contributed by atoms with Crippen LogP contribution in [0.25, 0.3) is 0 Å². The topological polar surface area (TPSA) is 12.0 Å². The largest absolute Gasteiger partial charge is 0.377 e. The van der Waals surface area contributed by atoms with Crippen molar-refractivity contribution < 1.29 is 13.2 Å². The fraction of sp³-hybridized carbons (Fsp3) is 0.0769. The van der Waals surface area contributed by atoms with Crippen LogP contribution in [0.4, 0.5) is 18.9 Å². The van der Waals surface area contributed by atoms with Gasteiger partial charge in [-0.05, 0) is 40.2 Å². The van der Waals surface area contributed by atoms with Gasteiger partial charge < -0.3 is 5.32 Å². The monoisotopic (exact) mass is 349 g/mol. The molecule has 0 aliphatic carbocycles. The first-order valence-corrected chi connectivity index (χ1v) is 6.48. The highest BCUT2D eigenvalue weighted by molar-refractivity contribution is 9.10. The fourth-order valence-corrected chi connectivity index (χ4v) is 2.18. The van der Waals surface area contributed by atoms with E-state index in [1.54, 1.807) is 0 Å². The second-order valence-electron chi connectivity index (χ2n) is 3.77. The van der Waals surface area contributed by atoms with Crippen molar-refractivity contribution in [3.63, 3.8) is 0 Å². The van der Waals surface area contributed by atoms with E-state index >= 15 is 0 Å². The summed E-state index contributed by atoms with van der Waals surface area (Å²) < 4.78 is 40.9. The van der Waals surface area contributed by atoms with Gasteiger partial charge in [0.25, 0.3) is 0 Å². The average molecular weight is 351 g/mol. The lowest BCUT2D eigenvalue weighted by molar-refractivity contribution is 0.555. The van der Waals surface area contributed by atoms with Gasteiger partial charge in [-0.25, -0.2) is 13.2 Å². The Morgan fingerprint density at radius 1 is 1.05 bits per heavy atom. The van der Waals surface area contributed by atoms with Crippen LogP contribution in [0.15, 0.2) is 34.8 Å². The van der Waals surface area contributed by atoms with Gasteiger partial charge in [-0.2, -0.15) is 0 Å². The molecule has 1 N–H and O–H groups in total. The molecule has 0 aliphatic rings. The predicted molar refractivity (Wildman–Crippen MR) is 72.8 cm³/mol. The Labute approximate surface area is 121 Å². The Bertz CT molecular complexity index is 599. The van der Waals surface area contributed by atoms with Crippen molar-refractivity contribution in [2.24, 2.45) is 0 Å². The van der Waals surface area contributed by atoms with E-state index in [-0.39, 0.29) is 27.3 Å². The van der Waals surface area contributed by atoms with Crippen LogP contribution in [-0.4, -0.2) is 0 Å². The molecule has 0 amide bonds. The van der Waals surface area contributed by atoms with Crippen LogP contribution in [0.3, 0.4) is 0 Å². The molecular formula is C13H8BrClF3N. The summed E-state index contributed by atoms with van der Waals surface area (Å²) in [7, 11) is 0. The molecule has 2 rings (SSSR count). The molecule has 0 heterocycles. The second-order valence-corrected chi connectivity index (χ2v) is 5.03. The van der Waals surface area contributed by atoms with Crippen LogP contribution >= 0.6 is 27.5 Å². The Balaban J connectivity index is 2.27. The third-order valence-corrected chi connectivity index (χ3v) is 3.47. The van der Waals surface area contributed by atoms with Gasteiger partial charge in [0.15, 0.2) is 0 Å². The maximum Gasteiger partial charge on any atom is 0.147 e. The summed E-state index contributed by atoms with van der Waals surface area (Å²) in [6.07, 6.45) is 0. The summed E-state index contributed by atoms with van der Waals surface area (Å²) in [6, 6.07) is 6.54. The van der Waals surface area contributed by atoms with Crippen LogP contribution in [0.2, 0.25) is 5.02 Å². The molecule has 6 heteroatoms. The van der Waals surface area contributed by atoms with Crippen molar-refractivity contribution in [3.8, 4) is 0 Å². The van der Waals surface area contributed by atoms with Gasteiger partial charge in [-0.15, -0.1) is 0 Å². The number of para-hydroxylation sites is 1. The molecular weight excluding hydrogens is 343 g/mol. The van der Waals surface area contributed by atoms with E-state index < -0.39 is 17.5 Å². The normalized spacial score (nSPS) is 10.6. The summed E-state index contributed by atoms with van der Waals surface area (Å²) in [6.45, 7) is -0.211.